The van der Waals surface area contributed by atoms with Crippen LogP contribution in [-0.4, -0.2) is 21.7 Å². The van der Waals surface area contributed by atoms with Gasteiger partial charge in [0.1, 0.15) is 5.82 Å². The third-order valence-electron chi connectivity index (χ3n) is 2.07. The van der Waals surface area contributed by atoms with Crippen LogP contribution in [0.5, 0.6) is 0 Å². The van der Waals surface area contributed by atoms with Crippen LogP contribution in [0.3, 0.4) is 0 Å². The summed E-state index contributed by atoms with van der Waals surface area (Å²) in [6, 6.07) is 3.71. The van der Waals surface area contributed by atoms with Crippen LogP contribution in [0.15, 0.2) is 22.9 Å². The van der Waals surface area contributed by atoms with Gasteiger partial charge in [0.15, 0.2) is 5.82 Å². The molecule has 0 saturated heterocycles. The predicted octanol–water partition coefficient (Wildman–Crippen LogP) is 1.01. The van der Waals surface area contributed by atoms with E-state index in [0.717, 1.165) is 5.69 Å². The average molecular weight is 219 g/mol. The topological polar surface area (TPSA) is 89.9 Å². The molecule has 0 aliphatic heterocycles. The van der Waals surface area contributed by atoms with Gasteiger partial charge in [-0.3, -0.25) is 0 Å². The lowest BCUT2D eigenvalue weighted by atomic mass is 10.3. The fourth-order valence-electron chi connectivity index (χ4n) is 1.32. The Morgan fingerprint density at radius 2 is 2.38 bits per heavy atom. The Bertz CT molecular complexity index is 468. The molecule has 6 nitrogen and oxygen atoms in total. The molecular formula is C10H13N5O. The SMILES string of the molecule is Cc1nc(CCNc2cccnc2N)no1. The summed E-state index contributed by atoms with van der Waals surface area (Å²) in [6.45, 7) is 2.46. The monoisotopic (exact) mass is 219 g/mol. The van der Waals surface area contributed by atoms with E-state index in [4.69, 9.17) is 10.3 Å². The maximum atomic E-state index is 5.68. The zero-order valence-electron chi connectivity index (χ0n) is 8.97. The van der Waals surface area contributed by atoms with Crippen molar-refractivity contribution in [3.05, 3.63) is 30.0 Å². The van der Waals surface area contributed by atoms with Gasteiger partial charge in [0, 0.05) is 26.1 Å². The van der Waals surface area contributed by atoms with E-state index >= 15 is 0 Å². The quantitative estimate of drug-likeness (QED) is 0.797. The summed E-state index contributed by atoms with van der Waals surface area (Å²) >= 11 is 0. The number of rotatable bonds is 4. The van der Waals surface area contributed by atoms with E-state index in [9.17, 15) is 0 Å². The number of anilines is 2. The van der Waals surface area contributed by atoms with Crippen LogP contribution in [0.1, 0.15) is 11.7 Å². The molecule has 0 fully saturated rings. The second kappa shape index (κ2) is 4.61. The van der Waals surface area contributed by atoms with E-state index in [1.807, 2.05) is 12.1 Å². The molecule has 0 spiro atoms. The smallest absolute Gasteiger partial charge is 0.223 e. The number of nitrogens with two attached hydrogens (primary N) is 1. The molecule has 2 aromatic heterocycles. The van der Waals surface area contributed by atoms with E-state index in [1.165, 1.54) is 0 Å². The molecule has 0 atom stereocenters. The Morgan fingerprint density at radius 3 is 3.06 bits per heavy atom. The van der Waals surface area contributed by atoms with Crippen molar-refractivity contribution >= 4 is 11.5 Å². The lowest BCUT2D eigenvalue weighted by Crippen LogP contribution is -2.08. The molecule has 0 radical (unpaired) electrons. The number of nitrogens with zero attached hydrogens (tertiary/aromatic N) is 3. The van der Waals surface area contributed by atoms with Gasteiger partial charge in [-0.25, -0.2) is 4.98 Å². The van der Waals surface area contributed by atoms with Gasteiger partial charge in [-0.1, -0.05) is 5.16 Å². The van der Waals surface area contributed by atoms with Crippen molar-refractivity contribution in [1.29, 1.82) is 0 Å². The standard InChI is InChI=1S/C10H13N5O/c1-7-14-9(15-16-7)4-6-12-8-3-2-5-13-10(8)11/h2-3,5,12H,4,6H2,1H3,(H2,11,13). The van der Waals surface area contributed by atoms with E-state index in [2.05, 4.69) is 20.4 Å². The summed E-state index contributed by atoms with van der Waals surface area (Å²) in [5, 5.41) is 6.96. The van der Waals surface area contributed by atoms with Gasteiger partial charge in [-0.05, 0) is 12.1 Å². The van der Waals surface area contributed by atoms with Gasteiger partial charge in [0.25, 0.3) is 0 Å². The van der Waals surface area contributed by atoms with Crippen molar-refractivity contribution in [2.24, 2.45) is 0 Å². The van der Waals surface area contributed by atoms with Gasteiger partial charge in [0.05, 0.1) is 5.69 Å². The molecule has 0 unspecified atom stereocenters. The Kier molecular flexibility index (Phi) is 3.00. The number of pyridine rings is 1. The fourth-order valence-corrected chi connectivity index (χ4v) is 1.32. The van der Waals surface area contributed by atoms with E-state index in [0.29, 0.717) is 30.5 Å². The van der Waals surface area contributed by atoms with Crippen LogP contribution >= 0.6 is 0 Å². The number of hydrogen-bond donors (Lipinski definition) is 2. The third-order valence-corrected chi connectivity index (χ3v) is 2.07. The first-order valence-electron chi connectivity index (χ1n) is 4.99. The molecule has 0 bridgehead atoms. The van der Waals surface area contributed by atoms with Gasteiger partial charge in [-0.2, -0.15) is 4.98 Å². The molecule has 0 aliphatic rings. The molecule has 0 aliphatic carbocycles. The lowest BCUT2D eigenvalue weighted by Gasteiger charge is -2.05. The first kappa shape index (κ1) is 10.4. The molecule has 0 aromatic carbocycles. The molecule has 84 valence electrons. The molecule has 6 heteroatoms. The number of hydrogen-bond acceptors (Lipinski definition) is 6. The van der Waals surface area contributed by atoms with Gasteiger partial charge >= 0.3 is 0 Å². The van der Waals surface area contributed by atoms with Crippen LogP contribution in [0.4, 0.5) is 11.5 Å². The minimum absolute atomic E-state index is 0.492. The normalized spacial score (nSPS) is 10.3. The number of nitrogens with one attached hydrogen (secondary N) is 1. The molecular weight excluding hydrogens is 206 g/mol. The van der Waals surface area contributed by atoms with Crippen molar-refractivity contribution in [3.8, 4) is 0 Å². The Balaban J connectivity index is 1.87. The molecule has 2 heterocycles. The number of aromatic nitrogens is 3. The maximum Gasteiger partial charge on any atom is 0.223 e. The second-order valence-corrected chi connectivity index (χ2v) is 3.34. The van der Waals surface area contributed by atoms with Crippen LogP contribution in [0, 0.1) is 6.92 Å². The van der Waals surface area contributed by atoms with E-state index < -0.39 is 0 Å². The Morgan fingerprint density at radius 1 is 1.50 bits per heavy atom. The first-order chi connectivity index (χ1) is 7.75. The van der Waals surface area contributed by atoms with Crippen LogP contribution in [-0.2, 0) is 6.42 Å². The molecule has 3 N–H and O–H groups in total. The van der Waals surface area contributed by atoms with Crippen LogP contribution in [0.2, 0.25) is 0 Å². The van der Waals surface area contributed by atoms with Gasteiger partial charge in [0.2, 0.25) is 5.89 Å². The minimum Gasteiger partial charge on any atom is -0.382 e. The maximum absolute atomic E-state index is 5.68. The molecule has 2 rings (SSSR count). The second-order valence-electron chi connectivity index (χ2n) is 3.34. The van der Waals surface area contributed by atoms with Crippen LogP contribution in [0.25, 0.3) is 0 Å². The van der Waals surface area contributed by atoms with Gasteiger partial charge in [-0.15, -0.1) is 0 Å². The van der Waals surface area contributed by atoms with Crippen molar-refractivity contribution in [1.82, 2.24) is 15.1 Å². The highest BCUT2D eigenvalue weighted by Gasteiger charge is 2.02. The average Bonchev–Trinajstić information content (AvgIpc) is 2.67. The molecule has 2 aromatic rings. The highest BCUT2D eigenvalue weighted by atomic mass is 16.5. The Labute approximate surface area is 92.9 Å². The van der Waals surface area contributed by atoms with E-state index in [1.54, 1.807) is 13.1 Å². The number of nitrogen functional groups attached to an aromatic ring is 1. The summed E-state index contributed by atoms with van der Waals surface area (Å²) in [5.74, 6) is 1.76. The van der Waals surface area contributed by atoms with Crippen LogP contribution < -0.4 is 11.1 Å². The lowest BCUT2D eigenvalue weighted by molar-refractivity contribution is 0.387. The van der Waals surface area contributed by atoms with Crippen molar-refractivity contribution < 1.29 is 4.52 Å². The first-order valence-corrected chi connectivity index (χ1v) is 4.99. The van der Waals surface area contributed by atoms with Crippen molar-refractivity contribution in [2.75, 3.05) is 17.6 Å². The summed E-state index contributed by atoms with van der Waals surface area (Å²) in [7, 11) is 0. The van der Waals surface area contributed by atoms with Crippen molar-refractivity contribution in [3.63, 3.8) is 0 Å². The van der Waals surface area contributed by atoms with Gasteiger partial charge < -0.3 is 15.6 Å². The van der Waals surface area contributed by atoms with E-state index in [-0.39, 0.29) is 0 Å². The van der Waals surface area contributed by atoms with Crippen molar-refractivity contribution in [2.45, 2.75) is 13.3 Å². The zero-order chi connectivity index (χ0) is 11.4. The molecule has 0 amide bonds. The summed E-state index contributed by atoms with van der Waals surface area (Å²) in [6.07, 6.45) is 2.34. The fraction of sp³-hybridized carbons (Fsp3) is 0.300. The summed E-state index contributed by atoms with van der Waals surface area (Å²) < 4.78 is 4.87. The molecule has 0 saturated carbocycles. The highest BCUT2D eigenvalue weighted by molar-refractivity contribution is 5.60. The summed E-state index contributed by atoms with van der Waals surface area (Å²) in [5.41, 5.74) is 6.50. The largest absolute Gasteiger partial charge is 0.382 e. The highest BCUT2D eigenvalue weighted by Crippen LogP contribution is 2.13. The third kappa shape index (κ3) is 2.47. The molecule has 16 heavy (non-hydrogen) atoms. The predicted molar refractivity (Wildman–Crippen MR) is 59.9 cm³/mol. The zero-order valence-corrected chi connectivity index (χ0v) is 8.97. The minimum atomic E-state index is 0.492. The number of aryl methyl sites for hydroxylation is 1. The summed E-state index contributed by atoms with van der Waals surface area (Å²) in [4.78, 5) is 8.07. The Hall–Kier alpha value is -2.11.